The summed E-state index contributed by atoms with van der Waals surface area (Å²) in [6, 6.07) is 0. The van der Waals surface area contributed by atoms with Crippen molar-refractivity contribution in [3.8, 4) is 0 Å². The van der Waals surface area contributed by atoms with Crippen molar-refractivity contribution in [1.29, 1.82) is 0 Å². The lowest BCUT2D eigenvalue weighted by atomic mass is 9.40. The lowest BCUT2D eigenvalue weighted by Gasteiger charge is -2.63. The molecular formula is C21H30O4. The van der Waals surface area contributed by atoms with Gasteiger partial charge >= 0.3 is 5.97 Å². The first-order valence-electron chi connectivity index (χ1n) is 9.66. The average molecular weight is 346 g/mol. The molecule has 4 rings (SSSR count). The number of allylic oxidation sites excluding steroid dienone is 2. The van der Waals surface area contributed by atoms with Gasteiger partial charge in [-0.15, -0.1) is 0 Å². The van der Waals surface area contributed by atoms with Gasteiger partial charge in [-0.05, 0) is 69.8 Å². The van der Waals surface area contributed by atoms with Gasteiger partial charge in [0.1, 0.15) is 0 Å². The summed E-state index contributed by atoms with van der Waals surface area (Å²) in [7, 11) is 1.49. The lowest BCUT2D eigenvalue weighted by molar-refractivity contribution is -0.175. The molecule has 1 unspecified atom stereocenters. The maximum Gasteiger partial charge on any atom is 0.311 e. The predicted molar refractivity (Wildman–Crippen MR) is 93.7 cm³/mol. The normalized spacial score (nSPS) is 51.4. The molecule has 0 heterocycles. The Morgan fingerprint density at radius 2 is 2.00 bits per heavy atom. The highest BCUT2D eigenvalue weighted by molar-refractivity contribution is 5.98. The minimum Gasteiger partial charge on any atom is -0.469 e. The number of fused-ring (bicyclic) bond motifs is 2. The van der Waals surface area contributed by atoms with Gasteiger partial charge in [0.05, 0.1) is 24.0 Å². The summed E-state index contributed by atoms with van der Waals surface area (Å²) >= 11 is 0. The standard InChI is InChI=1S/C21H30O4/c1-18(17(24)25-4)8-5-9-20(3)14(18)7-6-13-10-15(22)19(2)12-21(13,20)11-16(19)23/h10,14,16,23H,5-9,11-12H2,1-4H3/t14-,16?,18+,19-,20-,21-/m0/s1. The van der Waals surface area contributed by atoms with Crippen LogP contribution in [0.2, 0.25) is 0 Å². The smallest absolute Gasteiger partial charge is 0.311 e. The highest BCUT2D eigenvalue weighted by atomic mass is 16.5. The Bertz CT molecular complexity index is 681. The Morgan fingerprint density at radius 3 is 2.68 bits per heavy atom. The molecule has 1 N–H and O–H groups in total. The molecule has 138 valence electrons. The van der Waals surface area contributed by atoms with Gasteiger partial charge in [-0.25, -0.2) is 0 Å². The van der Waals surface area contributed by atoms with E-state index in [4.69, 9.17) is 4.74 Å². The monoisotopic (exact) mass is 346 g/mol. The fraction of sp³-hybridized carbons (Fsp3) is 0.810. The van der Waals surface area contributed by atoms with Gasteiger partial charge in [0.25, 0.3) is 0 Å². The summed E-state index contributed by atoms with van der Waals surface area (Å²) in [5, 5.41) is 10.8. The number of hydrogen-bond acceptors (Lipinski definition) is 4. The molecule has 6 atom stereocenters. The van der Waals surface area contributed by atoms with Crippen molar-refractivity contribution in [1.82, 2.24) is 0 Å². The molecule has 0 aromatic carbocycles. The van der Waals surface area contributed by atoms with Crippen molar-refractivity contribution >= 4 is 11.8 Å². The number of esters is 1. The van der Waals surface area contributed by atoms with Gasteiger partial charge in [0.15, 0.2) is 5.78 Å². The molecule has 0 amide bonds. The largest absolute Gasteiger partial charge is 0.469 e. The topological polar surface area (TPSA) is 63.6 Å². The molecular weight excluding hydrogens is 316 g/mol. The first-order valence-corrected chi connectivity index (χ1v) is 9.66. The molecule has 0 aromatic rings. The van der Waals surface area contributed by atoms with Crippen molar-refractivity contribution in [2.24, 2.45) is 27.6 Å². The van der Waals surface area contributed by atoms with Crippen molar-refractivity contribution in [3.63, 3.8) is 0 Å². The molecule has 0 saturated heterocycles. The summed E-state index contributed by atoms with van der Waals surface area (Å²) in [5.74, 6) is 0.235. The van der Waals surface area contributed by atoms with Gasteiger partial charge in [0, 0.05) is 5.41 Å². The Hall–Kier alpha value is -1.16. The first kappa shape index (κ1) is 17.3. The molecule has 4 aliphatic rings. The molecule has 3 fully saturated rings. The number of aliphatic hydroxyl groups is 1. The molecule has 4 nitrogen and oxygen atoms in total. The van der Waals surface area contributed by atoms with Crippen molar-refractivity contribution in [2.45, 2.75) is 71.8 Å². The molecule has 4 aliphatic carbocycles. The Kier molecular flexibility index (Phi) is 3.43. The number of ketones is 1. The van der Waals surface area contributed by atoms with Crippen LogP contribution >= 0.6 is 0 Å². The second kappa shape index (κ2) is 4.97. The molecule has 3 saturated carbocycles. The number of carbonyl (C=O) groups excluding carboxylic acids is 2. The van der Waals surface area contributed by atoms with E-state index in [2.05, 4.69) is 13.8 Å². The molecule has 0 aliphatic heterocycles. The molecule has 0 radical (unpaired) electrons. The van der Waals surface area contributed by atoms with Crippen molar-refractivity contribution in [3.05, 3.63) is 11.6 Å². The van der Waals surface area contributed by atoms with Crippen LogP contribution in [0.15, 0.2) is 11.6 Å². The van der Waals surface area contributed by atoms with Gasteiger partial charge in [-0.3, -0.25) is 9.59 Å². The molecule has 1 spiro atoms. The third kappa shape index (κ3) is 1.82. The van der Waals surface area contributed by atoms with Crippen LogP contribution in [0, 0.1) is 27.6 Å². The summed E-state index contributed by atoms with van der Waals surface area (Å²) in [4.78, 5) is 25.4. The average Bonchev–Trinajstić information content (AvgIpc) is 2.80. The molecule has 4 heteroatoms. The first-order chi connectivity index (χ1) is 11.6. The van der Waals surface area contributed by atoms with Crippen molar-refractivity contribution < 1.29 is 19.4 Å². The minimum atomic E-state index is -0.659. The molecule has 2 bridgehead atoms. The van der Waals surface area contributed by atoms with E-state index in [0.29, 0.717) is 6.42 Å². The zero-order valence-corrected chi connectivity index (χ0v) is 15.9. The fourth-order valence-electron chi connectivity index (χ4n) is 7.30. The Balaban J connectivity index is 1.86. The molecule has 0 aromatic heterocycles. The SMILES string of the molecule is COC(=O)[C@]1(C)CCC[C@@]2(C)[C@H]1CCC1=CC(=O)[C@]3(C)C[C@@]12CC3O. The van der Waals surface area contributed by atoms with Crippen LogP contribution < -0.4 is 0 Å². The van der Waals surface area contributed by atoms with E-state index >= 15 is 0 Å². The quantitative estimate of drug-likeness (QED) is 0.739. The van der Waals surface area contributed by atoms with E-state index < -0.39 is 16.9 Å². The minimum absolute atomic E-state index is 0.0717. The van der Waals surface area contributed by atoms with Gasteiger partial charge in [-0.2, -0.15) is 0 Å². The van der Waals surface area contributed by atoms with Crippen LogP contribution in [-0.2, 0) is 14.3 Å². The zero-order chi connectivity index (χ0) is 18.3. The van der Waals surface area contributed by atoms with Gasteiger partial charge in [0.2, 0.25) is 0 Å². The number of methoxy groups -OCH3 is 1. The Labute approximate surface area is 150 Å². The number of rotatable bonds is 1. The molecule has 25 heavy (non-hydrogen) atoms. The van der Waals surface area contributed by atoms with Crippen LogP contribution in [-0.4, -0.2) is 30.1 Å². The van der Waals surface area contributed by atoms with E-state index in [1.54, 1.807) is 0 Å². The predicted octanol–water partition coefficient (Wildman–Crippen LogP) is 3.42. The van der Waals surface area contributed by atoms with Crippen LogP contribution in [0.4, 0.5) is 0 Å². The van der Waals surface area contributed by atoms with Gasteiger partial charge in [-0.1, -0.05) is 18.9 Å². The summed E-state index contributed by atoms with van der Waals surface area (Å²) in [6.45, 7) is 6.32. The number of hydrogen-bond donors (Lipinski definition) is 1. The third-order valence-electron chi connectivity index (χ3n) is 8.81. The highest BCUT2D eigenvalue weighted by Gasteiger charge is 2.70. The second-order valence-electron chi connectivity index (χ2n) is 9.70. The van der Waals surface area contributed by atoms with E-state index in [0.717, 1.165) is 38.5 Å². The third-order valence-corrected chi connectivity index (χ3v) is 8.81. The van der Waals surface area contributed by atoms with E-state index in [1.165, 1.54) is 12.7 Å². The number of ether oxygens (including phenoxy) is 1. The highest BCUT2D eigenvalue weighted by Crippen LogP contribution is 2.74. The summed E-state index contributed by atoms with van der Waals surface area (Å²) in [5.41, 5.74) is -0.105. The van der Waals surface area contributed by atoms with Gasteiger partial charge < -0.3 is 9.84 Å². The fourth-order valence-corrected chi connectivity index (χ4v) is 7.30. The van der Waals surface area contributed by atoms with Crippen LogP contribution in [0.3, 0.4) is 0 Å². The second-order valence-corrected chi connectivity index (χ2v) is 9.70. The van der Waals surface area contributed by atoms with E-state index in [1.807, 2.05) is 13.0 Å². The summed E-state index contributed by atoms with van der Waals surface area (Å²) in [6.07, 6.45) is 7.36. The van der Waals surface area contributed by atoms with Crippen LogP contribution in [0.25, 0.3) is 0 Å². The van der Waals surface area contributed by atoms with Crippen LogP contribution in [0.1, 0.15) is 65.7 Å². The van der Waals surface area contributed by atoms with E-state index in [-0.39, 0.29) is 28.5 Å². The zero-order valence-electron chi connectivity index (χ0n) is 15.9. The van der Waals surface area contributed by atoms with E-state index in [9.17, 15) is 14.7 Å². The number of carbonyl (C=O) groups is 2. The maximum atomic E-state index is 12.7. The Morgan fingerprint density at radius 1 is 1.28 bits per heavy atom. The van der Waals surface area contributed by atoms with Crippen molar-refractivity contribution in [2.75, 3.05) is 7.11 Å². The lowest BCUT2D eigenvalue weighted by Crippen LogP contribution is -2.59. The maximum absolute atomic E-state index is 12.7. The summed E-state index contributed by atoms with van der Waals surface area (Å²) < 4.78 is 5.20. The number of aliphatic hydroxyl groups excluding tert-OH is 1. The van der Waals surface area contributed by atoms with Crippen LogP contribution in [0.5, 0.6) is 0 Å².